The highest BCUT2D eigenvalue weighted by Gasteiger charge is 2.22. The van der Waals surface area contributed by atoms with Crippen molar-refractivity contribution < 1.29 is 14.3 Å². The molecule has 1 amide bonds. The maximum Gasteiger partial charge on any atom is 0.340 e. The highest BCUT2D eigenvalue weighted by Crippen LogP contribution is 2.36. The SMILES string of the molecule is CCn1c(SCC(=O)Nc2sccc2C(=O)OC)nnc1-c1csc2c1CCCC2. The first-order chi connectivity index (χ1) is 14.6. The molecule has 10 heteroatoms. The molecular formula is C20H22N4O3S3. The number of thioether (sulfide) groups is 1. The van der Waals surface area contributed by atoms with Gasteiger partial charge in [-0.3, -0.25) is 4.79 Å². The average molecular weight is 463 g/mol. The molecule has 0 atom stereocenters. The Labute approximate surface area is 186 Å². The summed E-state index contributed by atoms with van der Waals surface area (Å²) in [5.41, 5.74) is 2.96. The molecule has 0 radical (unpaired) electrons. The number of carbonyl (C=O) groups excluding carboxylic acids is 2. The summed E-state index contributed by atoms with van der Waals surface area (Å²) in [7, 11) is 1.32. The van der Waals surface area contributed by atoms with Crippen LogP contribution in [0, 0.1) is 0 Å². The molecule has 0 unspecified atom stereocenters. The number of anilines is 1. The third kappa shape index (κ3) is 4.17. The van der Waals surface area contributed by atoms with Crippen molar-refractivity contribution in [1.82, 2.24) is 14.8 Å². The summed E-state index contributed by atoms with van der Waals surface area (Å²) in [5.74, 6) is 0.394. The van der Waals surface area contributed by atoms with Crippen molar-refractivity contribution in [1.29, 1.82) is 0 Å². The number of ether oxygens (including phenoxy) is 1. The van der Waals surface area contributed by atoms with Crippen LogP contribution in [0.4, 0.5) is 5.00 Å². The second-order valence-electron chi connectivity index (χ2n) is 6.80. The van der Waals surface area contributed by atoms with E-state index in [2.05, 4.69) is 32.4 Å². The van der Waals surface area contributed by atoms with Crippen LogP contribution in [0.15, 0.2) is 22.0 Å². The van der Waals surface area contributed by atoms with E-state index in [1.807, 2.05) is 11.3 Å². The summed E-state index contributed by atoms with van der Waals surface area (Å²) >= 11 is 4.45. The fourth-order valence-corrected chi connectivity index (χ4v) is 6.25. The Hall–Kier alpha value is -2.17. The smallest absolute Gasteiger partial charge is 0.340 e. The number of nitrogens with zero attached hydrogens (tertiary/aromatic N) is 3. The number of amides is 1. The predicted molar refractivity (Wildman–Crippen MR) is 121 cm³/mol. The summed E-state index contributed by atoms with van der Waals surface area (Å²) in [6, 6.07) is 1.64. The van der Waals surface area contributed by atoms with Crippen LogP contribution in [0.5, 0.6) is 0 Å². The number of esters is 1. The van der Waals surface area contributed by atoms with Crippen LogP contribution in [0.1, 0.15) is 40.6 Å². The van der Waals surface area contributed by atoms with Crippen LogP contribution >= 0.6 is 34.4 Å². The van der Waals surface area contributed by atoms with E-state index in [-0.39, 0.29) is 11.7 Å². The number of methoxy groups -OCH3 is 1. The van der Waals surface area contributed by atoms with Crippen LogP contribution in [0.25, 0.3) is 11.4 Å². The van der Waals surface area contributed by atoms with E-state index in [0.29, 0.717) is 10.6 Å². The van der Waals surface area contributed by atoms with E-state index in [0.717, 1.165) is 30.4 Å². The molecule has 7 nitrogen and oxygen atoms in total. The minimum Gasteiger partial charge on any atom is -0.465 e. The van der Waals surface area contributed by atoms with Gasteiger partial charge < -0.3 is 14.6 Å². The van der Waals surface area contributed by atoms with Crippen molar-refractivity contribution in [2.75, 3.05) is 18.2 Å². The molecule has 0 saturated heterocycles. The van der Waals surface area contributed by atoms with Crippen LogP contribution < -0.4 is 5.32 Å². The van der Waals surface area contributed by atoms with Gasteiger partial charge >= 0.3 is 5.97 Å². The monoisotopic (exact) mass is 462 g/mol. The van der Waals surface area contributed by atoms with Gasteiger partial charge in [0.2, 0.25) is 5.91 Å². The number of rotatable bonds is 7. The van der Waals surface area contributed by atoms with Crippen molar-refractivity contribution in [3.8, 4) is 11.4 Å². The minimum absolute atomic E-state index is 0.179. The van der Waals surface area contributed by atoms with E-state index < -0.39 is 5.97 Å². The lowest BCUT2D eigenvalue weighted by Gasteiger charge is -2.13. The molecule has 0 fully saturated rings. The molecule has 4 rings (SSSR count). The van der Waals surface area contributed by atoms with Crippen molar-refractivity contribution in [2.24, 2.45) is 0 Å². The molecule has 3 heterocycles. The summed E-state index contributed by atoms with van der Waals surface area (Å²) < 4.78 is 6.81. The molecule has 1 aliphatic carbocycles. The van der Waals surface area contributed by atoms with Gasteiger partial charge in [-0.05, 0) is 49.6 Å². The molecule has 0 spiro atoms. The van der Waals surface area contributed by atoms with Crippen molar-refractivity contribution >= 4 is 51.3 Å². The summed E-state index contributed by atoms with van der Waals surface area (Å²) in [4.78, 5) is 25.7. The molecule has 1 N–H and O–H groups in total. The maximum absolute atomic E-state index is 12.4. The van der Waals surface area contributed by atoms with Crippen molar-refractivity contribution in [3.63, 3.8) is 0 Å². The van der Waals surface area contributed by atoms with E-state index >= 15 is 0 Å². The van der Waals surface area contributed by atoms with Gasteiger partial charge in [0.25, 0.3) is 0 Å². The van der Waals surface area contributed by atoms with E-state index in [1.165, 1.54) is 59.1 Å². The Morgan fingerprint density at radius 2 is 2.10 bits per heavy atom. The van der Waals surface area contributed by atoms with Crippen LogP contribution in [-0.2, 0) is 28.9 Å². The number of hydrogen-bond acceptors (Lipinski definition) is 8. The predicted octanol–water partition coefficient (Wildman–Crippen LogP) is 4.48. The highest BCUT2D eigenvalue weighted by atomic mass is 32.2. The molecule has 30 heavy (non-hydrogen) atoms. The zero-order valence-corrected chi connectivity index (χ0v) is 19.2. The quantitative estimate of drug-likeness (QED) is 0.411. The molecule has 0 aromatic carbocycles. The topological polar surface area (TPSA) is 86.1 Å². The molecule has 3 aromatic heterocycles. The molecule has 0 bridgehead atoms. The van der Waals surface area contributed by atoms with Gasteiger partial charge in [-0.15, -0.1) is 32.9 Å². The normalized spacial score (nSPS) is 13.1. The third-order valence-corrected chi connectivity index (χ3v) is 7.88. The first-order valence-corrected chi connectivity index (χ1v) is 12.5. The van der Waals surface area contributed by atoms with E-state index in [4.69, 9.17) is 4.74 Å². The molecular weight excluding hydrogens is 440 g/mol. The fourth-order valence-electron chi connectivity index (χ4n) is 3.53. The average Bonchev–Trinajstić information content (AvgIpc) is 3.49. The number of carbonyl (C=O) groups is 2. The first-order valence-electron chi connectivity index (χ1n) is 9.73. The summed E-state index contributed by atoms with van der Waals surface area (Å²) in [5, 5.41) is 16.7. The van der Waals surface area contributed by atoms with E-state index in [1.54, 1.807) is 11.4 Å². The van der Waals surface area contributed by atoms with Crippen molar-refractivity contribution in [2.45, 2.75) is 44.3 Å². The maximum atomic E-state index is 12.4. The molecule has 3 aromatic rings. The number of nitrogens with one attached hydrogen (secondary N) is 1. The Balaban J connectivity index is 1.46. The molecule has 0 saturated carbocycles. The standard InChI is InChI=1S/C20H22N4O3S3/c1-3-24-17(14-10-29-15-7-5-4-6-12(14)15)22-23-20(24)30-11-16(25)21-18-13(8-9-28-18)19(26)27-2/h8-10H,3-7,11H2,1-2H3,(H,21,25). The van der Waals surface area contributed by atoms with Crippen molar-refractivity contribution in [3.05, 3.63) is 32.8 Å². The highest BCUT2D eigenvalue weighted by molar-refractivity contribution is 7.99. The number of aryl methyl sites for hydroxylation is 1. The lowest BCUT2D eigenvalue weighted by molar-refractivity contribution is -0.113. The number of thiophene rings is 2. The second-order valence-corrected chi connectivity index (χ2v) is 9.62. The zero-order chi connectivity index (χ0) is 21.1. The Morgan fingerprint density at radius 1 is 1.27 bits per heavy atom. The lowest BCUT2D eigenvalue weighted by atomic mass is 9.96. The zero-order valence-electron chi connectivity index (χ0n) is 16.8. The summed E-state index contributed by atoms with van der Waals surface area (Å²) in [6.45, 7) is 2.79. The third-order valence-electron chi connectivity index (χ3n) is 4.99. The largest absolute Gasteiger partial charge is 0.465 e. The van der Waals surface area contributed by atoms with Crippen LogP contribution in [0.3, 0.4) is 0 Å². The first kappa shape index (κ1) is 21.1. The molecule has 0 aliphatic heterocycles. The second kappa shape index (κ2) is 9.32. The summed E-state index contributed by atoms with van der Waals surface area (Å²) in [6.07, 6.45) is 4.72. The lowest BCUT2D eigenvalue weighted by Crippen LogP contribution is -2.16. The van der Waals surface area contributed by atoms with Gasteiger partial charge in [-0.25, -0.2) is 4.79 Å². The Kier molecular flexibility index (Phi) is 6.55. The van der Waals surface area contributed by atoms with Crippen LogP contribution in [-0.4, -0.2) is 39.5 Å². The van der Waals surface area contributed by atoms with Gasteiger partial charge in [0, 0.05) is 22.4 Å². The molecule has 158 valence electrons. The number of hydrogen-bond donors (Lipinski definition) is 1. The van der Waals surface area contributed by atoms with E-state index in [9.17, 15) is 9.59 Å². The van der Waals surface area contributed by atoms with Gasteiger partial charge in [0.15, 0.2) is 11.0 Å². The van der Waals surface area contributed by atoms with Gasteiger partial charge in [0.05, 0.1) is 18.4 Å². The fraction of sp³-hybridized carbons (Fsp3) is 0.400. The number of fused-ring (bicyclic) bond motifs is 1. The molecule has 1 aliphatic rings. The minimum atomic E-state index is -0.464. The number of aromatic nitrogens is 3. The van der Waals surface area contributed by atoms with Gasteiger partial charge in [0.1, 0.15) is 5.00 Å². The van der Waals surface area contributed by atoms with Crippen LogP contribution in [0.2, 0.25) is 0 Å². The van der Waals surface area contributed by atoms with Gasteiger partial charge in [-0.1, -0.05) is 11.8 Å². The van der Waals surface area contributed by atoms with Gasteiger partial charge in [-0.2, -0.15) is 0 Å². The Bertz CT molecular complexity index is 1070. The Morgan fingerprint density at radius 3 is 2.90 bits per heavy atom.